The average Bonchev–Trinajstić information content (AvgIpc) is 3.16. The maximum Gasteiger partial charge on any atom is 0.303 e. The number of carbonyl (C=O) groups is 3. The van der Waals surface area contributed by atoms with Crippen LogP contribution in [0.3, 0.4) is 0 Å². The molecule has 1 saturated heterocycles. The molecule has 2 rings (SSSR count). The number of carboxylic acid groups (broad SMARTS) is 1. The fourth-order valence-electron chi connectivity index (χ4n) is 2.08. The minimum absolute atomic E-state index is 0.00484. The number of aromatic nitrogens is 1. The van der Waals surface area contributed by atoms with Gasteiger partial charge in [0.05, 0.1) is 0 Å². The molecule has 0 bridgehead atoms. The summed E-state index contributed by atoms with van der Waals surface area (Å²) < 4.78 is 0. The first kappa shape index (κ1) is 19.1. The Morgan fingerprint density at radius 2 is 2.32 bits per heavy atom. The molecule has 1 aromatic rings. The van der Waals surface area contributed by atoms with Crippen LogP contribution in [0.15, 0.2) is 29.2 Å². The van der Waals surface area contributed by atoms with Gasteiger partial charge in [-0.05, 0) is 6.42 Å². The zero-order chi connectivity index (χ0) is 18.2. The molecule has 2 amide bonds. The summed E-state index contributed by atoms with van der Waals surface area (Å²) in [6.07, 6.45) is 3.60. The van der Waals surface area contributed by atoms with Crippen molar-refractivity contribution in [2.45, 2.75) is 24.5 Å². The highest BCUT2D eigenvalue weighted by Crippen LogP contribution is 2.31. The molecule has 0 aromatic carbocycles. The van der Waals surface area contributed by atoms with E-state index in [1.54, 1.807) is 17.7 Å². The third-order valence-electron chi connectivity index (χ3n) is 3.20. The van der Waals surface area contributed by atoms with E-state index in [0.717, 1.165) is 0 Å². The van der Waals surface area contributed by atoms with E-state index < -0.39 is 11.2 Å². The van der Waals surface area contributed by atoms with Crippen molar-refractivity contribution in [1.82, 2.24) is 15.2 Å². The molecule has 1 atom stereocenters. The molecule has 25 heavy (non-hydrogen) atoms. The Bertz CT molecular complexity index is 675. The summed E-state index contributed by atoms with van der Waals surface area (Å²) in [5.74, 6) is -1.38. The van der Waals surface area contributed by atoms with Crippen LogP contribution in [0.1, 0.15) is 19.3 Å². The number of hydrogen-bond donors (Lipinski definition) is 2. The topological polar surface area (TPSA) is 112 Å². The largest absolute Gasteiger partial charge is 0.481 e. The highest BCUT2D eigenvalue weighted by atomic mass is 32.2. The minimum Gasteiger partial charge on any atom is -0.481 e. The van der Waals surface area contributed by atoms with E-state index in [1.165, 1.54) is 28.0 Å². The van der Waals surface area contributed by atoms with Crippen molar-refractivity contribution in [3.05, 3.63) is 24.2 Å². The van der Waals surface area contributed by atoms with Gasteiger partial charge in [0.2, 0.25) is 16.9 Å². The Hall–Kier alpha value is -2.20. The molecule has 0 spiro atoms. The fraction of sp³-hybridized carbons (Fsp3) is 0.400. The van der Waals surface area contributed by atoms with Crippen LogP contribution in [0.4, 0.5) is 5.13 Å². The van der Waals surface area contributed by atoms with E-state index >= 15 is 0 Å². The Morgan fingerprint density at radius 1 is 1.52 bits per heavy atom. The van der Waals surface area contributed by atoms with Crippen LogP contribution in [0.25, 0.3) is 0 Å². The Kier molecular flexibility index (Phi) is 7.14. The van der Waals surface area contributed by atoms with Crippen molar-refractivity contribution in [3.63, 3.8) is 0 Å². The lowest BCUT2D eigenvalue weighted by Gasteiger charge is -2.13. The molecule has 0 radical (unpaired) electrons. The summed E-state index contributed by atoms with van der Waals surface area (Å²) in [4.78, 5) is 44.8. The molecule has 1 aliphatic rings. The number of carbonyl (C=O) groups excluding carboxylic acids is 2. The van der Waals surface area contributed by atoms with Crippen LogP contribution in [0, 0.1) is 0 Å². The van der Waals surface area contributed by atoms with Gasteiger partial charge in [-0.1, -0.05) is 17.8 Å². The number of amidine groups is 1. The van der Waals surface area contributed by atoms with Crippen molar-refractivity contribution in [2.24, 2.45) is 4.99 Å². The summed E-state index contributed by atoms with van der Waals surface area (Å²) in [5, 5.41) is 13.5. The van der Waals surface area contributed by atoms with E-state index in [9.17, 15) is 14.4 Å². The van der Waals surface area contributed by atoms with E-state index in [1.807, 2.05) is 0 Å². The molecular weight excluding hydrogens is 364 g/mol. The number of carboxylic acids is 1. The lowest BCUT2D eigenvalue weighted by Crippen LogP contribution is -2.35. The van der Waals surface area contributed by atoms with Crippen LogP contribution in [-0.4, -0.2) is 56.3 Å². The zero-order valence-corrected chi connectivity index (χ0v) is 15.0. The van der Waals surface area contributed by atoms with E-state index in [2.05, 4.69) is 21.9 Å². The SMILES string of the molecule is C=CCN1C(=O)C(CC(=O)NCCCC(=O)O)SC1=Nc1nccs1. The monoisotopic (exact) mass is 382 g/mol. The second kappa shape index (κ2) is 9.33. The van der Waals surface area contributed by atoms with Gasteiger partial charge >= 0.3 is 5.97 Å². The molecule has 1 aromatic heterocycles. The van der Waals surface area contributed by atoms with Gasteiger partial charge in [-0.3, -0.25) is 19.3 Å². The van der Waals surface area contributed by atoms with Crippen molar-refractivity contribution >= 4 is 51.2 Å². The lowest BCUT2D eigenvalue weighted by molar-refractivity contribution is -0.137. The number of nitrogens with one attached hydrogen (secondary N) is 1. The van der Waals surface area contributed by atoms with Crippen molar-refractivity contribution < 1.29 is 19.5 Å². The first-order chi connectivity index (χ1) is 12.0. The first-order valence-electron chi connectivity index (χ1n) is 7.57. The van der Waals surface area contributed by atoms with Crippen LogP contribution in [-0.2, 0) is 14.4 Å². The standard InChI is InChI=1S/C15H18N4O4S2/c1-2-7-19-13(23)10(9-11(20)16-5-3-4-12(21)22)25-15(19)18-14-17-6-8-24-14/h2,6,8,10H,1,3-5,7,9H2,(H,16,20)(H,21,22). The highest BCUT2D eigenvalue weighted by Gasteiger charge is 2.38. The number of thiazole rings is 1. The Morgan fingerprint density at radius 3 is 2.96 bits per heavy atom. The number of hydrogen-bond acceptors (Lipinski definition) is 7. The van der Waals surface area contributed by atoms with Crippen LogP contribution < -0.4 is 5.32 Å². The molecule has 1 aliphatic heterocycles. The molecule has 2 N–H and O–H groups in total. The summed E-state index contributed by atoms with van der Waals surface area (Å²) >= 11 is 2.59. The summed E-state index contributed by atoms with van der Waals surface area (Å²) in [7, 11) is 0. The molecule has 0 aliphatic carbocycles. The molecule has 10 heteroatoms. The molecule has 0 saturated carbocycles. The van der Waals surface area contributed by atoms with Crippen LogP contribution >= 0.6 is 23.1 Å². The van der Waals surface area contributed by atoms with Crippen LogP contribution in [0.5, 0.6) is 0 Å². The second-order valence-electron chi connectivity index (χ2n) is 5.10. The van der Waals surface area contributed by atoms with Gasteiger partial charge in [0.15, 0.2) is 5.17 Å². The highest BCUT2D eigenvalue weighted by molar-refractivity contribution is 8.15. The lowest BCUT2D eigenvalue weighted by atomic mass is 10.2. The maximum atomic E-state index is 12.5. The maximum absolute atomic E-state index is 12.5. The van der Waals surface area contributed by atoms with Crippen LogP contribution in [0.2, 0.25) is 0 Å². The van der Waals surface area contributed by atoms with Gasteiger partial charge in [0, 0.05) is 37.5 Å². The number of amides is 2. The molecule has 8 nitrogen and oxygen atoms in total. The van der Waals surface area contributed by atoms with Gasteiger partial charge in [-0.25, -0.2) is 4.98 Å². The van der Waals surface area contributed by atoms with Crippen molar-refractivity contribution in [3.8, 4) is 0 Å². The molecular formula is C15H18N4O4S2. The third kappa shape index (κ3) is 5.68. The molecule has 2 heterocycles. The zero-order valence-electron chi connectivity index (χ0n) is 13.4. The molecule has 1 fully saturated rings. The number of nitrogens with zero attached hydrogens (tertiary/aromatic N) is 3. The van der Waals surface area contributed by atoms with E-state index in [4.69, 9.17) is 5.11 Å². The Balaban J connectivity index is 1.95. The normalized spacial score (nSPS) is 18.6. The summed E-state index contributed by atoms with van der Waals surface area (Å²) in [6.45, 7) is 4.23. The summed E-state index contributed by atoms with van der Waals surface area (Å²) in [6, 6.07) is 0. The number of aliphatic carboxylic acids is 1. The van der Waals surface area contributed by atoms with Gasteiger partial charge < -0.3 is 10.4 Å². The predicted octanol–water partition coefficient (Wildman–Crippen LogP) is 1.63. The number of aliphatic imine (C=N–C) groups is 1. The van der Waals surface area contributed by atoms with Crippen molar-refractivity contribution in [2.75, 3.05) is 13.1 Å². The molecule has 1 unspecified atom stereocenters. The first-order valence-corrected chi connectivity index (χ1v) is 9.32. The quantitative estimate of drug-likeness (QED) is 0.496. The summed E-state index contributed by atoms with van der Waals surface area (Å²) in [5.41, 5.74) is 0. The van der Waals surface area contributed by atoms with Crippen molar-refractivity contribution in [1.29, 1.82) is 0 Å². The van der Waals surface area contributed by atoms with E-state index in [-0.39, 0.29) is 31.2 Å². The third-order valence-corrected chi connectivity index (χ3v) is 5.04. The second-order valence-corrected chi connectivity index (χ2v) is 7.15. The van der Waals surface area contributed by atoms with Gasteiger partial charge in [0.1, 0.15) is 5.25 Å². The smallest absolute Gasteiger partial charge is 0.303 e. The minimum atomic E-state index is -0.904. The van der Waals surface area contributed by atoms with Gasteiger partial charge in [-0.2, -0.15) is 4.99 Å². The predicted molar refractivity (Wildman–Crippen MR) is 97.0 cm³/mol. The van der Waals surface area contributed by atoms with Gasteiger partial charge in [0.25, 0.3) is 0 Å². The van der Waals surface area contributed by atoms with Gasteiger partial charge in [-0.15, -0.1) is 17.9 Å². The van der Waals surface area contributed by atoms with E-state index in [0.29, 0.717) is 23.3 Å². The number of thioether (sulfide) groups is 1. The Labute approximate surface area is 153 Å². The fourth-order valence-corrected chi connectivity index (χ4v) is 3.79. The average molecular weight is 382 g/mol. The number of rotatable bonds is 9. The molecule has 134 valence electrons.